The highest BCUT2D eigenvalue weighted by Gasteiger charge is 2.24. The molecule has 2 aromatic rings. The summed E-state index contributed by atoms with van der Waals surface area (Å²) in [5.74, 6) is 0.183. The van der Waals surface area contributed by atoms with Crippen molar-refractivity contribution in [1.29, 1.82) is 0 Å². The number of hydrogen-bond donors (Lipinski definition) is 3. The molecule has 138 valence electrons. The number of benzene rings is 2. The highest BCUT2D eigenvalue weighted by atomic mass is 35.5. The fourth-order valence-electron chi connectivity index (χ4n) is 3.15. The van der Waals surface area contributed by atoms with Crippen molar-refractivity contribution in [2.75, 3.05) is 42.9 Å². The van der Waals surface area contributed by atoms with E-state index in [1.54, 1.807) is 12.1 Å². The zero-order valence-electron chi connectivity index (χ0n) is 14.6. The zero-order chi connectivity index (χ0) is 18.7. The van der Waals surface area contributed by atoms with Gasteiger partial charge in [-0.15, -0.1) is 0 Å². The summed E-state index contributed by atoms with van der Waals surface area (Å²) >= 11 is 12.4. The molecule has 1 amide bonds. The molecule has 3 N–H and O–H groups in total. The number of anilines is 2. The van der Waals surface area contributed by atoms with Crippen LogP contribution in [0.15, 0.2) is 36.4 Å². The number of phenolic OH excluding ortho intramolecular Hbond substituents is 1. The normalized spacial score (nSPS) is 15.1. The fourth-order valence-corrected chi connectivity index (χ4v) is 3.62. The van der Waals surface area contributed by atoms with Crippen LogP contribution in [0.25, 0.3) is 0 Å². The van der Waals surface area contributed by atoms with Crippen molar-refractivity contribution in [1.82, 2.24) is 0 Å². The van der Waals surface area contributed by atoms with Gasteiger partial charge >= 0.3 is 0 Å². The van der Waals surface area contributed by atoms with Gasteiger partial charge in [-0.2, -0.15) is 0 Å². The maximum absolute atomic E-state index is 12.4. The van der Waals surface area contributed by atoms with Crippen molar-refractivity contribution in [3.63, 3.8) is 0 Å². The van der Waals surface area contributed by atoms with Gasteiger partial charge in [-0.05, 0) is 30.7 Å². The summed E-state index contributed by atoms with van der Waals surface area (Å²) in [5.41, 5.74) is 2.19. The van der Waals surface area contributed by atoms with E-state index in [1.165, 1.54) is 4.90 Å². The van der Waals surface area contributed by atoms with Crippen LogP contribution in [-0.4, -0.2) is 43.7 Å². The third-order valence-electron chi connectivity index (χ3n) is 4.65. The topological polar surface area (TPSA) is 57.0 Å². The minimum absolute atomic E-state index is 0.106. The predicted molar refractivity (Wildman–Crippen MR) is 106 cm³/mol. The average molecular weight is 395 g/mol. The van der Waals surface area contributed by atoms with Crippen LogP contribution in [0.2, 0.25) is 10.0 Å². The molecule has 0 aromatic heterocycles. The Bertz CT molecular complexity index is 805. The van der Waals surface area contributed by atoms with E-state index in [1.807, 2.05) is 31.2 Å². The first-order valence-corrected chi connectivity index (χ1v) is 9.32. The minimum Gasteiger partial charge on any atom is -0.506 e. The number of nitrogens with one attached hydrogen (secondary N) is 2. The number of amides is 1. The molecule has 26 heavy (non-hydrogen) atoms. The quantitative estimate of drug-likeness (QED) is 0.745. The summed E-state index contributed by atoms with van der Waals surface area (Å²) in [6.45, 7) is 5.43. The monoisotopic (exact) mass is 394 g/mol. The number of carbonyl (C=O) groups is 1. The van der Waals surface area contributed by atoms with Crippen LogP contribution in [0, 0.1) is 6.92 Å². The van der Waals surface area contributed by atoms with Gasteiger partial charge in [0, 0.05) is 0 Å². The van der Waals surface area contributed by atoms with Crippen molar-refractivity contribution in [2.45, 2.75) is 6.92 Å². The van der Waals surface area contributed by atoms with Crippen molar-refractivity contribution >= 4 is 40.5 Å². The summed E-state index contributed by atoms with van der Waals surface area (Å²) in [6.07, 6.45) is 0. The Kier molecular flexibility index (Phi) is 5.91. The molecule has 1 aliphatic heterocycles. The molecule has 2 aromatic carbocycles. The Hall–Kier alpha value is -1.95. The van der Waals surface area contributed by atoms with E-state index in [4.69, 9.17) is 23.2 Å². The van der Waals surface area contributed by atoms with Gasteiger partial charge in [-0.25, -0.2) is 0 Å². The number of hydrogen-bond acceptors (Lipinski definition) is 3. The Morgan fingerprint density at radius 2 is 1.88 bits per heavy atom. The summed E-state index contributed by atoms with van der Waals surface area (Å²) in [5, 5.41) is 13.7. The second-order valence-corrected chi connectivity index (χ2v) is 7.29. The molecule has 5 nitrogen and oxygen atoms in total. The number of quaternary nitrogens is 1. The van der Waals surface area contributed by atoms with Gasteiger partial charge in [0.05, 0.1) is 47.6 Å². The molecule has 0 unspecified atom stereocenters. The van der Waals surface area contributed by atoms with E-state index in [0.717, 1.165) is 37.4 Å². The van der Waals surface area contributed by atoms with Gasteiger partial charge in [0.15, 0.2) is 6.54 Å². The molecule has 0 atom stereocenters. The predicted octanol–water partition coefficient (Wildman–Crippen LogP) is 2.35. The maximum Gasteiger partial charge on any atom is 0.279 e. The van der Waals surface area contributed by atoms with Gasteiger partial charge < -0.3 is 20.2 Å². The van der Waals surface area contributed by atoms with Crippen LogP contribution < -0.4 is 15.1 Å². The second-order valence-electron chi connectivity index (χ2n) is 6.50. The smallest absolute Gasteiger partial charge is 0.279 e. The van der Waals surface area contributed by atoms with E-state index in [9.17, 15) is 9.90 Å². The van der Waals surface area contributed by atoms with Crippen LogP contribution in [0.1, 0.15) is 5.56 Å². The van der Waals surface area contributed by atoms with E-state index in [2.05, 4.69) is 10.2 Å². The number of rotatable bonds is 4. The van der Waals surface area contributed by atoms with Crippen LogP contribution >= 0.6 is 23.2 Å². The lowest BCUT2D eigenvalue weighted by atomic mass is 10.2. The van der Waals surface area contributed by atoms with Gasteiger partial charge in [0.25, 0.3) is 5.91 Å². The first-order valence-electron chi connectivity index (χ1n) is 8.56. The molecule has 1 saturated heterocycles. The Labute approximate surface area is 163 Å². The highest BCUT2D eigenvalue weighted by molar-refractivity contribution is 6.40. The van der Waals surface area contributed by atoms with Gasteiger partial charge in [0.1, 0.15) is 5.75 Å². The van der Waals surface area contributed by atoms with E-state index in [0.29, 0.717) is 22.3 Å². The molecule has 0 aliphatic carbocycles. The molecule has 1 aliphatic rings. The summed E-state index contributed by atoms with van der Waals surface area (Å²) < 4.78 is 0. The lowest BCUT2D eigenvalue weighted by Gasteiger charge is -2.33. The molecule has 7 heteroatoms. The molecule has 0 saturated carbocycles. The molecule has 1 fully saturated rings. The Morgan fingerprint density at radius 3 is 2.58 bits per heavy atom. The first-order chi connectivity index (χ1) is 12.5. The number of carbonyl (C=O) groups excluding carboxylic acids is 1. The van der Waals surface area contributed by atoms with E-state index >= 15 is 0 Å². The number of piperazine rings is 1. The van der Waals surface area contributed by atoms with Crippen LogP contribution in [-0.2, 0) is 4.79 Å². The standard InChI is InChI=1S/C19H21Cl2N3O2/c1-13-6-7-14(20)19(18(13)21)22-17(26)12-23-8-10-24(11-9-23)15-4-2-3-5-16(15)25/h2-7,25H,8-12H2,1H3,(H,22,26)/p+1. The van der Waals surface area contributed by atoms with E-state index < -0.39 is 0 Å². The molecule has 1 heterocycles. The van der Waals surface area contributed by atoms with Gasteiger partial charge in [-0.1, -0.05) is 41.4 Å². The number of aromatic hydroxyl groups is 1. The molecule has 3 rings (SSSR count). The number of nitrogens with zero attached hydrogens (tertiary/aromatic N) is 1. The third kappa shape index (κ3) is 4.23. The number of aryl methyl sites for hydroxylation is 1. The lowest BCUT2D eigenvalue weighted by Crippen LogP contribution is -3.15. The lowest BCUT2D eigenvalue weighted by molar-refractivity contribution is -0.892. The third-order valence-corrected chi connectivity index (χ3v) is 5.45. The van der Waals surface area contributed by atoms with Crippen LogP contribution in [0.5, 0.6) is 5.75 Å². The van der Waals surface area contributed by atoms with Crippen LogP contribution in [0.3, 0.4) is 0 Å². The van der Waals surface area contributed by atoms with Crippen molar-refractivity contribution in [2.24, 2.45) is 0 Å². The van der Waals surface area contributed by atoms with E-state index in [-0.39, 0.29) is 11.7 Å². The molecule has 0 bridgehead atoms. The number of phenols is 1. The Morgan fingerprint density at radius 1 is 1.19 bits per heavy atom. The molecular formula is C19H22Cl2N3O2+. The first kappa shape index (κ1) is 18.8. The summed E-state index contributed by atoms with van der Waals surface area (Å²) in [4.78, 5) is 15.7. The van der Waals surface area contributed by atoms with Gasteiger partial charge in [-0.3, -0.25) is 4.79 Å². The SMILES string of the molecule is Cc1ccc(Cl)c(NC(=O)C[NH+]2CCN(c3ccccc3O)CC2)c1Cl. The average Bonchev–Trinajstić information content (AvgIpc) is 2.63. The highest BCUT2D eigenvalue weighted by Crippen LogP contribution is 2.32. The molecule has 0 spiro atoms. The van der Waals surface area contributed by atoms with Crippen molar-refractivity contribution in [3.8, 4) is 5.75 Å². The molecular weight excluding hydrogens is 373 g/mol. The zero-order valence-corrected chi connectivity index (χ0v) is 16.1. The maximum atomic E-state index is 12.4. The number of para-hydroxylation sites is 2. The summed E-state index contributed by atoms with van der Waals surface area (Å²) in [6, 6.07) is 10.9. The second kappa shape index (κ2) is 8.16. The summed E-state index contributed by atoms with van der Waals surface area (Å²) in [7, 11) is 0. The largest absolute Gasteiger partial charge is 0.506 e. The van der Waals surface area contributed by atoms with Crippen molar-refractivity contribution < 1.29 is 14.8 Å². The molecule has 0 radical (unpaired) electrons. The van der Waals surface area contributed by atoms with Gasteiger partial charge in [0.2, 0.25) is 0 Å². The van der Waals surface area contributed by atoms with Crippen molar-refractivity contribution in [3.05, 3.63) is 52.0 Å². The number of halogens is 2. The van der Waals surface area contributed by atoms with Crippen LogP contribution in [0.4, 0.5) is 11.4 Å². The fraction of sp³-hybridized carbons (Fsp3) is 0.316. The Balaban J connectivity index is 1.56. The minimum atomic E-state index is -0.106.